The van der Waals surface area contributed by atoms with Crippen molar-refractivity contribution in [3.8, 4) is 0 Å². The third kappa shape index (κ3) is 3.02. The summed E-state index contributed by atoms with van der Waals surface area (Å²) in [7, 11) is 0. The minimum Gasteiger partial charge on any atom is -0.358 e. The van der Waals surface area contributed by atoms with E-state index in [1.165, 1.54) is 6.07 Å². The number of carbonyl (C=O) groups is 1. The molecule has 3 aromatic rings. The molecule has 2 aromatic carbocycles. The van der Waals surface area contributed by atoms with E-state index < -0.39 is 23.1 Å². The molecule has 0 saturated carbocycles. The first kappa shape index (κ1) is 16.2. The van der Waals surface area contributed by atoms with Crippen molar-refractivity contribution in [3.63, 3.8) is 0 Å². The Kier molecular flexibility index (Phi) is 3.87. The molecule has 0 unspecified atom stereocenters. The zero-order valence-corrected chi connectivity index (χ0v) is 13.7. The highest BCUT2D eigenvalue weighted by atomic mass is 19.1. The van der Waals surface area contributed by atoms with Crippen LogP contribution in [0.2, 0.25) is 0 Å². The Balaban J connectivity index is 1.91. The topological polar surface area (TPSA) is 44.9 Å². The molecule has 124 valence electrons. The van der Waals surface area contributed by atoms with Gasteiger partial charge in [-0.25, -0.2) is 8.78 Å². The number of nitrogens with one attached hydrogen (secondary N) is 2. The molecule has 0 fully saturated rings. The maximum Gasteiger partial charge on any atom is 0.261 e. The van der Waals surface area contributed by atoms with Crippen molar-refractivity contribution < 1.29 is 13.6 Å². The lowest BCUT2D eigenvalue weighted by atomic mass is 9.92. The fourth-order valence-corrected chi connectivity index (χ4v) is 2.52. The molecule has 2 N–H and O–H groups in total. The average Bonchev–Trinajstić information content (AvgIpc) is 2.90. The van der Waals surface area contributed by atoms with Gasteiger partial charge < -0.3 is 10.3 Å². The lowest BCUT2D eigenvalue weighted by molar-refractivity contribution is 0.101. The number of benzene rings is 2. The van der Waals surface area contributed by atoms with Gasteiger partial charge in [-0.15, -0.1) is 0 Å². The molecule has 0 aliphatic carbocycles. The summed E-state index contributed by atoms with van der Waals surface area (Å²) in [6, 6.07) is 10.7. The van der Waals surface area contributed by atoms with Gasteiger partial charge in [0.05, 0.1) is 0 Å². The van der Waals surface area contributed by atoms with E-state index in [4.69, 9.17) is 0 Å². The van der Waals surface area contributed by atoms with E-state index in [1.54, 1.807) is 12.1 Å². The summed E-state index contributed by atoms with van der Waals surface area (Å²) < 4.78 is 27.4. The molecule has 0 bridgehead atoms. The number of rotatable bonds is 2. The molecule has 3 nitrogen and oxygen atoms in total. The van der Waals surface area contributed by atoms with Crippen LogP contribution in [0.4, 0.5) is 14.5 Å². The number of fused-ring (bicyclic) bond motifs is 1. The number of hydrogen-bond acceptors (Lipinski definition) is 1. The van der Waals surface area contributed by atoms with Crippen LogP contribution in [-0.2, 0) is 5.41 Å². The summed E-state index contributed by atoms with van der Waals surface area (Å²) in [5, 5.41) is 3.47. The Bertz CT molecular complexity index is 903. The number of hydrogen-bond donors (Lipinski definition) is 2. The van der Waals surface area contributed by atoms with Crippen molar-refractivity contribution in [2.75, 3.05) is 5.32 Å². The van der Waals surface area contributed by atoms with Crippen molar-refractivity contribution in [2.45, 2.75) is 26.2 Å². The van der Waals surface area contributed by atoms with Crippen molar-refractivity contribution in [1.82, 2.24) is 4.98 Å². The molecule has 5 heteroatoms. The quantitative estimate of drug-likeness (QED) is 0.683. The van der Waals surface area contributed by atoms with Crippen LogP contribution in [0.1, 0.15) is 36.8 Å². The summed E-state index contributed by atoms with van der Waals surface area (Å²) in [5.74, 6) is -2.58. The third-order valence-electron chi connectivity index (χ3n) is 3.88. The normalized spacial score (nSPS) is 11.7. The summed E-state index contributed by atoms with van der Waals surface area (Å²) in [6.07, 6.45) is 0. The second-order valence-electron chi connectivity index (χ2n) is 6.79. The molecule has 3 rings (SSSR count). The zero-order chi connectivity index (χ0) is 17.5. The first-order valence-electron chi connectivity index (χ1n) is 7.64. The van der Waals surface area contributed by atoms with Gasteiger partial charge in [0.2, 0.25) is 0 Å². The predicted molar refractivity (Wildman–Crippen MR) is 91.3 cm³/mol. The van der Waals surface area contributed by atoms with Crippen LogP contribution in [0.25, 0.3) is 10.9 Å². The number of amides is 1. The maximum absolute atomic E-state index is 13.7. The van der Waals surface area contributed by atoms with Gasteiger partial charge in [0.1, 0.15) is 17.2 Å². The Morgan fingerprint density at radius 3 is 2.33 bits per heavy atom. The van der Waals surface area contributed by atoms with Gasteiger partial charge in [-0.3, -0.25) is 4.79 Å². The van der Waals surface area contributed by atoms with E-state index in [0.717, 1.165) is 28.7 Å². The van der Waals surface area contributed by atoms with E-state index in [9.17, 15) is 13.6 Å². The molecule has 1 heterocycles. The minimum atomic E-state index is -0.884. The van der Waals surface area contributed by atoms with Gasteiger partial charge in [0.15, 0.2) is 0 Å². The Morgan fingerprint density at radius 2 is 1.71 bits per heavy atom. The molecule has 0 saturated heterocycles. The van der Waals surface area contributed by atoms with Crippen LogP contribution in [0.3, 0.4) is 0 Å². The number of carbonyl (C=O) groups excluding carboxylic acids is 1. The van der Waals surface area contributed by atoms with Crippen molar-refractivity contribution in [1.29, 1.82) is 0 Å². The molecule has 24 heavy (non-hydrogen) atoms. The highest BCUT2D eigenvalue weighted by Crippen LogP contribution is 2.27. The van der Waals surface area contributed by atoms with Crippen molar-refractivity contribution in [2.24, 2.45) is 0 Å². The van der Waals surface area contributed by atoms with E-state index in [2.05, 4.69) is 31.1 Å². The molecule has 0 atom stereocenters. The van der Waals surface area contributed by atoms with Crippen LogP contribution in [-0.4, -0.2) is 10.9 Å². The van der Waals surface area contributed by atoms with E-state index in [1.807, 2.05) is 12.1 Å². The molecule has 1 aromatic heterocycles. The van der Waals surface area contributed by atoms with Crippen LogP contribution in [0, 0.1) is 11.6 Å². The van der Waals surface area contributed by atoms with Gasteiger partial charge in [-0.2, -0.15) is 0 Å². The summed E-state index contributed by atoms with van der Waals surface area (Å²) >= 11 is 0. The van der Waals surface area contributed by atoms with Crippen LogP contribution >= 0.6 is 0 Å². The third-order valence-corrected chi connectivity index (χ3v) is 3.88. The number of anilines is 1. The number of H-pyrrole nitrogens is 1. The summed E-state index contributed by atoms with van der Waals surface area (Å²) in [6.45, 7) is 6.30. The number of aromatic nitrogens is 1. The largest absolute Gasteiger partial charge is 0.358 e. The fourth-order valence-electron chi connectivity index (χ4n) is 2.52. The molecule has 0 radical (unpaired) electrons. The molecular weight excluding hydrogens is 310 g/mol. The molecule has 1 amide bonds. The lowest BCUT2D eigenvalue weighted by Gasteiger charge is -2.15. The monoisotopic (exact) mass is 328 g/mol. The predicted octanol–water partition coefficient (Wildman–Crippen LogP) is 5.00. The Morgan fingerprint density at radius 1 is 1.04 bits per heavy atom. The highest BCUT2D eigenvalue weighted by molar-refractivity contribution is 6.05. The lowest BCUT2D eigenvalue weighted by Crippen LogP contribution is -2.15. The SMILES string of the molecule is CC(C)(C)c1cc2cc(NC(=O)c3c(F)cccc3F)ccc2[nH]1. The Labute approximate surface area is 138 Å². The summed E-state index contributed by atoms with van der Waals surface area (Å²) in [4.78, 5) is 15.5. The van der Waals surface area contributed by atoms with Crippen molar-refractivity contribution in [3.05, 3.63) is 65.4 Å². The summed E-state index contributed by atoms with van der Waals surface area (Å²) in [5.41, 5.74) is 1.88. The van der Waals surface area contributed by atoms with Gasteiger partial charge >= 0.3 is 0 Å². The maximum atomic E-state index is 13.7. The zero-order valence-electron chi connectivity index (χ0n) is 13.7. The standard InChI is InChI=1S/C19H18F2N2O/c1-19(2,3)16-10-11-9-12(7-8-15(11)23-16)22-18(24)17-13(20)5-4-6-14(17)21/h4-10,23H,1-3H3,(H,22,24). The second kappa shape index (κ2) is 5.74. The molecule has 0 aliphatic heterocycles. The van der Waals surface area contributed by atoms with Crippen LogP contribution in [0.15, 0.2) is 42.5 Å². The van der Waals surface area contributed by atoms with Gasteiger partial charge in [0.25, 0.3) is 5.91 Å². The first-order valence-corrected chi connectivity index (χ1v) is 7.64. The van der Waals surface area contributed by atoms with Crippen LogP contribution in [0.5, 0.6) is 0 Å². The van der Waals surface area contributed by atoms with E-state index in [-0.39, 0.29) is 5.41 Å². The van der Waals surface area contributed by atoms with Crippen molar-refractivity contribution >= 4 is 22.5 Å². The molecule has 0 aliphatic rings. The molecule has 0 spiro atoms. The Hall–Kier alpha value is -2.69. The first-order chi connectivity index (χ1) is 11.3. The smallest absolute Gasteiger partial charge is 0.261 e. The molecular formula is C19H18F2N2O. The second-order valence-corrected chi connectivity index (χ2v) is 6.79. The van der Waals surface area contributed by atoms with Gasteiger partial charge in [0, 0.05) is 27.7 Å². The van der Waals surface area contributed by atoms with E-state index >= 15 is 0 Å². The van der Waals surface area contributed by atoms with Gasteiger partial charge in [-0.1, -0.05) is 26.8 Å². The fraction of sp³-hybridized carbons (Fsp3) is 0.211. The van der Waals surface area contributed by atoms with Crippen LogP contribution < -0.4 is 5.32 Å². The van der Waals surface area contributed by atoms with Gasteiger partial charge in [-0.05, 0) is 36.4 Å². The minimum absolute atomic E-state index is 0.0290. The number of aromatic amines is 1. The number of halogens is 2. The van der Waals surface area contributed by atoms with E-state index in [0.29, 0.717) is 5.69 Å². The highest BCUT2D eigenvalue weighted by Gasteiger charge is 2.18. The average molecular weight is 328 g/mol.